The first-order valence-corrected chi connectivity index (χ1v) is 8.96. The van der Waals surface area contributed by atoms with Gasteiger partial charge in [-0.05, 0) is 37.6 Å². The third-order valence-corrected chi connectivity index (χ3v) is 4.88. The summed E-state index contributed by atoms with van der Waals surface area (Å²) in [5, 5.41) is 6.90. The van der Waals surface area contributed by atoms with E-state index in [-0.39, 0.29) is 0 Å². The van der Waals surface area contributed by atoms with Crippen molar-refractivity contribution >= 4 is 27.3 Å². The summed E-state index contributed by atoms with van der Waals surface area (Å²) < 4.78 is 1.13. The minimum atomic E-state index is 0.747. The molecule has 1 aliphatic carbocycles. The molecule has 0 aliphatic heterocycles. The van der Waals surface area contributed by atoms with E-state index in [1.54, 1.807) is 11.3 Å². The van der Waals surface area contributed by atoms with Gasteiger partial charge in [-0.15, -0.1) is 11.3 Å². The molecule has 1 aliphatic rings. The summed E-state index contributed by atoms with van der Waals surface area (Å²) in [6.07, 6.45) is 2.65. The number of aromatic nitrogens is 1. The van der Waals surface area contributed by atoms with Crippen LogP contribution in [0.1, 0.15) is 29.1 Å². The third kappa shape index (κ3) is 4.88. The maximum Gasteiger partial charge on any atom is 0.107 e. The molecule has 0 saturated heterocycles. The Morgan fingerprint density at radius 2 is 2.24 bits per heavy atom. The molecule has 0 radical (unpaired) electrons. The van der Waals surface area contributed by atoms with E-state index in [1.807, 2.05) is 0 Å². The van der Waals surface area contributed by atoms with Crippen LogP contribution < -0.4 is 5.32 Å². The van der Waals surface area contributed by atoms with E-state index < -0.39 is 0 Å². The molecular weight excluding hydrogens is 346 g/mol. The zero-order chi connectivity index (χ0) is 14.7. The highest BCUT2D eigenvalue weighted by Crippen LogP contribution is 2.20. The second-order valence-corrected chi connectivity index (χ2v) is 7.55. The number of nitrogens with one attached hydrogen (secondary N) is 1. The normalized spacial score (nSPS) is 14.8. The molecular formula is C16H20BrN3S. The molecule has 1 aromatic carbocycles. The Kier molecular flexibility index (Phi) is 5.06. The van der Waals surface area contributed by atoms with Crippen molar-refractivity contribution in [2.75, 3.05) is 7.05 Å². The maximum absolute atomic E-state index is 4.71. The van der Waals surface area contributed by atoms with Crippen LogP contribution in [0.25, 0.3) is 0 Å². The molecule has 2 aromatic rings. The first-order chi connectivity index (χ1) is 10.2. The van der Waals surface area contributed by atoms with E-state index in [4.69, 9.17) is 4.98 Å². The molecule has 1 heterocycles. The Bertz CT molecular complexity index is 595. The predicted octanol–water partition coefficient (Wildman–Crippen LogP) is 3.79. The van der Waals surface area contributed by atoms with Gasteiger partial charge in [0, 0.05) is 35.5 Å². The summed E-state index contributed by atoms with van der Waals surface area (Å²) in [4.78, 5) is 7.01. The molecule has 0 unspecified atom stereocenters. The lowest BCUT2D eigenvalue weighted by atomic mass is 10.2. The molecule has 21 heavy (non-hydrogen) atoms. The Labute approximate surface area is 138 Å². The number of halogens is 1. The van der Waals surface area contributed by atoms with Crippen LogP contribution in [0.4, 0.5) is 0 Å². The summed E-state index contributed by atoms with van der Waals surface area (Å²) in [7, 11) is 2.14. The average Bonchev–Trinajstić information content (AvgIpc) is 3.17. The average molecular weight is 366 g/mol. The van der Waals surface area contributed by atoms with Crippen molar-refractivity contribution in [1.29, 1.82) is 0 Å². The van der Waals surface area contributed by atoms with Crippen LogP contribution in [0, 0.1) is 0 Å². The Hall–Kier alpha value is -0.750. The summed E-state index contributed by atoms with van der Waals surface area (Å²) in [6, 6.07) is 9.22. The van der Waals surface area contributed by atoms with E-state index in [1.165, 1.54) is 29.1 Å². The summed E-state index contributed by atoms with van der Waals surface area (Å²) in [5.74, 6) is 0. The third-order valence-electron chi connectivity index (χ3n) is 3.49. The van der Waals surface area contributed by atoms with Gasteiger partial charge in [-0.2, -0.15) is 0 Å². The quantitative estimate of drug-likeness (QED) is 0.808. The van der Waals surface area contributed by atoms with Crippen molar-refractivity contribution in [2.24, 2.45) is 0 Å². The molecule has 0 atom stereocenters. The van der Waals surface area contributed by atoms with Gasteiger partial charge in [-0.25, -0.2) is 4.98 Å². The molecule has 0 bridgehead atoms. The second kappa shape index (κ2) is 7.01. The first-order valence-electron chi connectivity index (χ1n) is 7.29. The minimum Gasteiger partial charge on any atom is -0.308 e. The fourth-order valence-corrected chi connectivity index (χ4v) is 3.48. The number of rotatable bonds is 7. The number of hydrogen-bond donors (Lipinski definition) is 1. The van der Waals surface area contributed by atoms with Crippen LogP contribution in [0.3, 0.4) is 0 Å². The van der Waals surface area contributed by atoms with Gasteiger partial charge in [0.25, 0.3) is 0 Å². The van der Waals surface area contributed by atoms with Gasteiger partial charge < -0.3 is 5.32 Å². The lowest BCUT2D eigenvalue weighted by Crippen LogP contribution is -2.18. The molecule has 1 aromatic heterocycles. The van der Waals surface area contributed by atoms with Crippen LogP contribution >= 0.6 is 27.3 Å². The molecule has 3 nitrogen and oxygen atoms in total. The van der Waals surface area contributed by atoms with Crippen LogP contribution in [0.5, 0.6) is 0 Å². The van der Waals surface area contributed by atoms with Gasteiger partial charge >= 0.3 is 0 Å². The Balaban J connectivity index is 1.50. The van der Waals surface area contributed by atoms with Crippen molar-refractivity contribution in [3.8, 4) is 0 Å². The Morgan fingerprint density at radius 1 is 1.38 bits per heavy atom. The number of nitrogens with zero attached hydrogens (tertiary/aromatic N) is 2. The first kappa shape index (κ1) is 15.2. The molecule has 1 saturated carbocycles. The van der Waals surface area contributed by atoms with E-state index >= 15 is 0 Å². The minimum absolute atomic E-state index is 0.747. The highest BCUT2D eigenvalue weighted by Gasteiger charge is 2.20. The Morgan fingerprint density at radius 3 is 3.00 bits per heavy atom. The SMILES string of the molecule is CN(Cc1cccc(Br)c1)Cc1csc(CNC2CC2)n1. The van der Waals surface area contributed by atoms with Gasteiger partial charge in [-0.3, -0.25) is 4.90 Å². The molecule has 0 amide bonds. The van der Waals surface area contributed by atoms with Gasteiger partial charge in [0.15, 0.2) is 0 Å². The number of benzene rings is 1. The topological polar surface area (TPSA) is 28.2 Å². The highest BCUT2D eigenvalue weighted by atomic mass is 79.9. The lowest BCUT2D eigenvalue weighted by Gasteiger charge is -2.15. The van der Waals surface area contributed by atoms with Crippen LogP contribution in [-0.2, 0) is 19.6 Å². The lowest BCUT2D eigenvalue weighted by molar-refractivity contribution is 0.315. The molecule has 1 N–H and O–H groups in total. The van der Waals surface area contributed by atoms with Crippen molar-refractivity contribution in [2.45, 2.75) is 38.5 Å². The van der Waals surface area contributed by atoms with Gasteiger partial charge in [-0.1, -0.05) is 28.1 Å². The molecule has 112 valence electrons. The molecule has 0 spiro atoms. The summed E-state index contributed by atoms with van der Waals surface area (Å²) in [5.41, 5.74) is 2.49. The van der Waals surface area contributed by atoms with Gasteiger partial charge in [0.1, 0.15) is 5.01 Å². The van der Waals surface area contributed by atoms with Crippen LogP contribution in [-0.4, -0.2) is 23.0 Å². The van der Waals surface area contributed by atoms with E-state index in [0.717, 1.165) is 30.1 Å². The predicted molar refractivity (Wildman–Crippen MR) is 91.3 cm³/mol. The summed E-state index contributed by atoms with van der Waals surface area (Å²) >= 11 is 5.28. The van der Waals surface area contributed by atoms with Crippen LogP contribution in [0.15, 0.2) is 34.1 Å². The van der Waals surface area contributed by atoms with Crippen LogP contribution in [0.2, 0.25) is 0 Å². The zero-order valence-corrected chi connectivity index (χ0v) is 14.6. The molecule has 5 heteroatoms. The zero-order valence-electron chi connectivity index (χ0n) is 12.2. The second-order valence-electron chi connectivity index (χ2n) is 5.69. The maximum atomic E-state index is 4.71. The van der Waals surface area contributed by atoms with Crippen molar-refractivity contribution in [3.05, 3.63) is 50.4 Å². The smallest absolute Gasteiger partial charge is 0.107 e. The van der Waals surface area contributed by atoms with E-state index in [9.17, 15) is 0 Å². The highest BCUT2D eigenvalue weighted by molar-refractivity contribution is 9.10. The van der Waals surface area contributed by atoms with Gasteiger partial charge in [0.2, 0.25) is 0 Å². The van der Waals surface area contributed by atoms with Gasteiger partial charge in [0.05, 0.1) is 5.69 Å². The number of hydrogen-bond acceptors (Lipinski definition) is 4. The molecule has 1 fully saturated rings. The number of thiazole rings is 1. The monoisotopic (exact) mass is 365 g/mol. The standard InChI is InChI=1S/C16H20BrN3S/c1-20(9-12-3-2-4-13(17)7-12)10-15-11-21-16(19-15)8-18-14-5-6-14/h2-4,7,11,14,18H,5-6,8-10H2,1H3. The van der Waals surface area contributed by atoms with E-state index in [2.05, 4.69) is 62.8 Å². The van der Waals surface area contributed by atoms with Crippen molar-refractivity contribution in [1.82, 2.24) is 15.2 Å². The fraction of sp³-hybridized carbons (Fsp3) is 0.438. The summed E-state index contributed by atoms with van der Waals surface area (Å²) in [6.45, 7) is 2.75. The van der Waals surface area contributed by atoms with E-state index in [0.29, 0.717) is 0 Å². The molecule has 3 rings (SSSR count). The van der Waals surface area contributed by atoms with Crippen molar-refractivity contribution in [3.63, 3.8) is 0 Å². The largest absolute Gasteiger partial charge is 0.308 e. The fourth-order valence-electron chi connectivity index (χ4n) is 2.30. The van der Waals surface area contributed by atoms with Crippen molar-refractivity contribution < 1.29 is 0 Å².